The molecule has 28 heavy (non-hydrogen) atoms. The third-order valence-corrected chi connectivity index (χ3v) is 4.76. The Morgan fingerprint density at radius 3 is 2.93 bits per heavy atom. The molecule has 154 valence electrons. The van der Waals surface area contributed by atoms with Gasteiger partial charge in [-0.3, -0.25) is 24.9 Å². The second kappa shape index (κ2) is 9.98. The molecule has 0 radical (unpaired) electrons. The van der Waals surface area contributed by atoms with Gasteiger partial charge in [-0.1, -0.05) is 19.8 Å². The normalized spacial score (nSPS) is 17.2. The maximum absolute atomic E-state index is 13.2. The number of aromatic nitrogens is 1. The molecule has 0 aliphatic carbocycles. The number of hydrogen-bond acceptors (Lipinski definition) is 6. The van der Waals surface area contributed by atoms with Gasteiger partial charge in [-0.25, -0.2) is 19.1 Å². The fourth-order valence-electron chi connectivity index (χ4n) is 3.32. The number of anilines is 1. The van der Waals surface area contributed by atoms with Crippen LogP contribution in [0.5, 0.6) is 0 Å². The fraction of sp³-hybridized carbons (Fsp3) is 0.556. The zero-order valence-electron chi connectivity index (χ0n) is 15.7. The molecule has 9 nitrogen and oxygen atoms in total. The molecule has 1 saturated heterocycles. The number of rotatable bonds is 9. The minimum Gasteiger partial charge on any atom is -0.711 e. The van der Waals surface area contributed by atoms with Crippen LogP contribution < -0.4 is 14.9 Å². The van der Waals surface area contributed by atoms with E-state index in [-0.39, 0.29) is 18.6 Å². The Labute approximate surface area is 162 Å². The molecule has 2 N–H and O–H groups in total. The quantitative estimate of drug-likeness (QED) is 0.210. The van der Waals surface area contributed by atoms with Gasteiger partial charge in [-0.2, -0.15) is 0 Å². The highest BCUT2D eigenvalue weighted by Gasteiger charge is 2.38. The molecule has 1 fully saturated rings. The lowest BCUT2D eigenvalue weighted by molar-refractivity contribution is -0.594. The molecular formula is C18H25FN4O5. The average molecular weight is 396 g/mol. The van der Waals surface area contributed by atoms with E-state index >= 15 is 0 Å². The molecule has 1 aromatic rings. The lowest BCUT2D eigenvalue weighted by Gasteiger charge is -2.23. The van der Waals surface area contributed by atoms with E-state index in [1.165, 1.54) is 11.0 Å². The highest BCUT2D eigenvalue weighted by Crippen LogP contribution is 2.23. The summed E-state index contributed by atoms with van der Waals surface area (Å²) in [6.45, 7) is 2.37. The summed E-state index contributed by atoms with van der Waals surface area (Å²) in [5, 5.41) is 24.3. The van der Waals surface area contributed by atoms with Gasteiger partial charge in [0, 0.05) is 18.9 Å². The van der Waals surface area contributed by atoms with E-state index in [2.05, 4.69) is 5.32 Å². The number of pyridine rings is 1. The Morgan fingerprint density at radius 2 is 2.29 bits per heavy atom. The Hall–Kier alpha value is -2.75. The molecule has 1 unspecified atom stereocenters. The molecule has 0 spiro atoms. The predicted octanol–water partition coefficient (Wildman–Crippen LogP) is 0.867. The number of imide groups is 1. The topological polar surface area (TPSA) is 117 Å². The number of halogens is 1. The molecule has 1 aliphatic rings. The summed E-state index contributed by atoms with van der Waals surface area (Å²) in [6, 6.07) is 0.978. The number of nitrogens with one attached hydrogen (secondary N) is 1. The monoisotopic (exact) mass is 396 g/mol. The Morgan fingerprint density at radius 1 is 1.54 bits per heavy atom. The summed E-state index contributed by atoms with van der Waals surface area (Å²) >= 11 is 0. The van der Waals surface area contributed by atoms with Crippen LogP contribution in [0.1, 0.15) is 45.4 Å². The Bertz CT molecular complexity index is 717. The molecule has 0 bridgehead atoms. The van der Waals surface area contributed by atoms with Crippen molar-refractivity contribution < 1.29 is 28.7 Å². The van der Waals surface area contributed by atoms with Crippen LogP contribution in [0.3, 0.4) is 0 Å². The zero-order chi connectivity index (χ0) is 20.7. The minimum atomic E-state index is -0.736. The van der Waals surface area contributed by atoms with Crippen LogP contribution in [-0.4, -0.2) is 47.1 Å². The van der Waals surface area contributed by atoms with Crippen LogP contribution in [0.25, 0.3) is 0 Å². The van der Waals surface area contributed by atoms with Crippen molar-refractivity contribution in [2.24, 2.45) is 0 Å². The molecule has 2 heterocycles. The highest BCUT2D eigenvalue weighted by molar-refractivity contribution is 5.99. The molecule has 2 atom stereocenters. The molecular weight excluding hydrogens is 371 g/mol. The number of hydrogen-bond donors (Lipinski definition) is 2. The summed E-state index contributed by atoms with van der Waals surface area (Å²) in [5.74, 6) is -1.74. The van der Waals surface area contributed by atoms with Crippen molar-refractivity contribution in [3.8, 4) is 0 Å². The molecule has 1 aliphatic heterocycles. The van der Waals surface area contributed by atoms with Crippen molar-refractivity contribution in [2.75, 3.05) is 11.4 Å². The van der Waals surface area contributed by atoms with E-state index < -0.39 is 29.7 Å². The van der Waals surface area contributed by atoms with Crippen LogP contribution in [0.2, 0.25) is 0 Å². The predicted molar refractivity (Wildman–Crippen MR) is 96.5 cm³/mol. The maximum atomic E-state index is 13.2. The second-order valence-electron chi connectivity index (χ2n) is 6.78. The van der Waals surface area contributed by atoms with Crippen molar-refractivity contribution in [1.82, 2.24) is 10.4 Å². The van der Waals surface area contributed by atoms with Crippen LogP contribution in [0, 0.1) is 11.0 Å². The van der Waals surface area contributed by atoms with Crippen molar-refractivity contribution in [3.63, 3.8) is 0 Å². The van der Waals surface area contributed by atoms with Crippen LogP contribution in [-0.2, 0) is 14.4 Å². The third kappa shape index (κ3) is 5.38. The van der Waals surface area contributed by atoms with Gasteiger partial charge in [0.25, 0.3) is 11.7 Å². The minimum absolute atomic E-state index is 0.134. The Balaban J connectivity index is 2.01. The van der Waals surface area contributed by atoms with Gasteiger partial charge in [0.15, 0.2) is 11.9 Å². The molecule has 10 heteroatoms. The summed E-state index contributed by atoms with van der Waals surface area (Å²) in [4.78, 5) is 37.1. The average Bonchev–Trinajstić information content (AvgIpc) is 3.14. The zero-order valence-corrected chi connectivity index (χ0v) is 15.7. The van der Waals surface area contributed by atoms with Crippen molar-refractivity contribution in [1.29, 1.82) is 0 Å². The lowest BCUT2D eigenvalue weighted by atomic mass is 10.1. The molecule has 3 amide bonds. The summed E-state index contributed by atoms with van der Waals surface area (Å²) in [5.41, 5.74) is 0. The van der Waals surface area contributed by atoms with Crippen molar-refractivity contribution in [2.45, 2.75) is 57.5 Å². The number of carbonyl (C=O) groups is 3. The number of unbranched alkanes of at least 4 members (excludes halogenated alkanes) is 1. The van der Waals surface area contributed by atoms with E-state index in [1.807, 2.05) is 6.92 Å². The van der Waals surface area contributed by atoms with Gasteiger partial charge in [-0.15, -0.1) is 0 Å². The van der Waals surface area contributed by atoms with E-state index in [1.54, 1.807) is 0 Å². The first-order chi connectivity index (χ1) is 13.4. The smallest absolute Gasteiger partial charge is 0.280 e. The second-order valence-corrected chi connectivity index (χ2v) is 6.78. The number of amides is 3. The summed E-state index contributed by atoms with van der Waals surface area (Å²) in [7, 11) is 0. The van der Waals surface area contributed by atoms with Gasteiger partial charge < -0.3 is 5.21 Å². The van der Waals surface area contributed by atoms with E-state index in [4.69, 9.17) is 0 Å². The number of nitrogens with zero attached hydrogens (tertiary/aromatic N) is 3. The van der Waals surface area contributed by atoms with E-state index in [0.29, 0.717) is 42.0 Å². The van der Waals surface area contributed by atoms with Gasteiger partial charge in [0.1, 0.15) is 6.20 Å². The first kappa shape index (κ1) is 21.5. The van der Waals surface area contributed by atoms with Gasteiger partial charge >= 0.3 is 0 Å². The fourth-order valence-corrected chi connectivity index (χ4v) is 3.32. The maximum Gasteiger partial charge on any atom is 0.280 e. The third-order valence-electron chi connectivity index (χ3n) is 4.76. The summed E-state index contributed by atoms with van der Waals surface area (Å²) < 4.78 is 13.5. The molecule has 1 aromatic heterocycles. The number of hydroxylamine groups is 2. The van der Waals surface area contributed by atoms with Crippen molar-refractivity contribution >= 4 is 24.0 Å². The first-order valence-electron chi connectivity index (χ1n) is 9.29. The first-order valence-corrected chi connectivity index (χ1v) is 9.29. The Kier molecular flexibility index (Phi) is 7.68. The molecule has 0 saturated carbocycles. The van der Waals surface area contributed by atoms with E-state index in [0.717, 1.165) is 18.7 Å². The van der Waals surface area contributed by atoms with Crippen molar-refractivity contribution in [3.05, 3.63) is 29.4 Å². The molecule has 0 aromatic carbocycles. The van der Waals surface area contributed by atoms with Gasteiger partial charge in [0.2, 0.25) is 12.3 Å². The van der Waals surface area contributed by atoms with Gasteiger partial charge in [-0.05, 0) is 18.9 Å². The SMILES string of the molecule is CCCCC(CC(=O)NC(=O)[C@H]1CCCN1c1ccc(F)c[n+]1[O-])N(O)C=O. The molecule has 2 rings (SSSR count). The van der Waals surface area contributed by atoms with Crippen LogP contribution in [0.15, 0.2) is 18.3 Å². The largest absolute Gasteiger partial charge is 0.711 e. The highest BCUT2D eigenvalue weighted by atomic mass is 19.1. The number of carbonyl (C=O) groups excluding carboxylic acids is 3. The van der Waals surface area contributed by atoms with E-state index in [9.17, 15) is 29.2 Å². The summed E-state index contributed by atoms with van der Waals surface area (Å²) in [6.07, 6.45) is 3.83. The van der Waals surface area contributed by atoms with Crippen LogP contribution >= 0.6 is 0 Å². The lowest BCUT2D eigenvalue weighted by Crippen LogP contribution is -2.50. The standard InChI is InChI=1S/C18H25FN4O5/c1-2-3-5-14(23(28)12-24)10-16(25)20-18(26)15-6-4-9-21(15)17-8-7-13(19)11-22(17)27/h7-8,11-12,14-15,28H,2-6,9-10H2,1H3,(H,20,25,26)/t14?,15-/m1/s1. The van der Waals surface area contributed by atoms with Crippen LogP contribution in [0.4, 0.5) is 10.2 Å². The van der Waals surface area contributed by atoms with Gasteiger partial charge in [0.05, 0.1) is 12.6 Å².